The van der Waals surface area contributed by atoms with Gasteiger partial charge in [-0.25, -0.2) is 4.79 Å². The second-order valence-corrected chi connectivity index (χ2v) is 6.14. The highest BCUT2D eigenvalue weighted by Gasteiger charge is 2.38. The zero-order valence-corrected chi connectivity index (χ0v) is 12.4. The van der Waals surface area contributed by atoms with E-state index in [1.165, 1.54) is 19.3 Å². The number of nitrogens with zero attached hydrogens (tertiary/aromatic N) is 3. The molecule has 1 N–H and O–H groups in total. The Morgan fingerprint density at radius 2 is 2.15 bits per heavy atom. The van der Waals surface area contributed by atoms with E-state index in [0.717, 1.165) is 42.6 Å². The lowest BCUT2D eigenvalue weighted by Gasteiger charge is -2.46. The summed E-state index contributed by atoms with van der Waals surface area (Å²) < 4.78 is 1.82. The van der Waals surface area contributed by atoms with Crippen LogP contribution in [-0.4, -0.2) is 33.8 Å². The van der Waals surface area contributed by atoms with Crippen LogP contribution in [0.4, 0.5) is 4.79 Å². The maximum atomic E-state index is 12.1. The van der Waals surface area contributed by atoms with Crippen LogP contribution in [0, 0.1) is 11.8 Å². The average Bonchev–Trinajstić information content (AvgIpc) is 2.68. The summed E-state index contributed by atoms with van der Waals surface area (Å²) in [6.45, 7) is 4.57. The number of carbonyl (C=O) groups excluding carboxylic acids is 1. The van der Waals surface area contributed by atoms with Gasteiger partial charge >= 0.3 is 6.03 Å². The molecule has 5 nitrogen and oxygen atoms in total. The summed E-state index contributed by atoms with van der Waals surface area (Å²) in [5, 5.41) is 7.41. The summed E-state index contributed by atoms with van der Waals surface area (Å²) in [4.78, 5) is 14.0. The average molecular weight is 276 g/mol. The van der Waals surface area contributed by atoms with Crippen LogP contribution < -0.4 is 5.32 Å². The molecular weight excluding hydrogens is 252 g/mol. The van der Waals surface area contributed by atoms with Gasteiger partial charge in [0, 0.05) is 38.4 Å². The van der Waals surface area contributed by atoms with Gasteiger partial charge in [0.2, 0.25) is 0 Å². The molecule has 20 heavy (non-hydrogen) atoms. The van der Waals surface area contributed by atoms with Crippen molar-refractivity contribution in [2.24, 2.45) is 18.9 Å². The first-order chi connectivity index (χ1) is 9.67. The van der Waals surface area contributed by atoms with Gasteiger partial charge in [0.05, 0.1) is 5.69 Å². The number of amides is 2. The lowest BCUT2D eigenvalue weighted by Crippen LogP contribution is -2.56. The lowest BCUT2D eigenvalue weighted by atomic mass is 9.73. The van der Waals surface area contributed by atoms with E-state index in [1.807, 2.05) is 22.8 Å². The molecule has 1 aliphatic carbocycles. The lowest BCUT2D eigenvalue weighted by molar-refractivity contribution is 0.0516. The first-order valence-corrected chi connectivity index (χ1v) is 7.71. The van der Waals surface area contributed by atoms with Gasteiger partial charge in [-0.15, -0.1) is 0 Å². The molecule has 3 rings (SSSR count). The minimum absolute atomic E-state index is 0.0754. The highest BCUT2D eigenvalue weighted by Crippen LogP contribution is 2.38. The second kappa shape index (κ2) is 5.46. The number of carbonyl (C=O) groups is 1. The van der Waals surface area contributed by atoms with Gasteiger partial charge < -0.3 is 10.2 Å². The summed E-state index contributed by atoms with van der Waals surface area (Å²) in [5.41, 5.74) is 2.20. The molecule has 1 saturated heterocycles. The van der Waals surface area contributed by atoms with E-state index in [4.69, 9.17) is 0 Å². The van der Waals surface area contributed by atoms with Crippen molar-refractivity contribution in [1.82, 2.24) is 20.0 Å². The fourth-order valence-electron chi connectivity index (χ4n) is 3.20. The molecule has 2 aliphatic rings. The molecule has 0 atom stereocenters. The minimum Gasteiger partial charge on any atom is -0.334 e. The van der Waals surface area contributed by atoms with Gasteiger partial charge in [0.25, 0.3) is 0 Å². The number of hydrogen-bond donors (Lipinski definition) is 1. The normalized spacial score (nSPS) is 19.6. The van der Waals surface area contributed by atoms with Crippen LogP contribution in [-0.2, 0) is 20.0 Å². The van der Waals surface area contributed by atoms with Crippen molar-refractivity contribution < 1.29 is 4.79 Å². The fraction of sp³-hybridized carbons (Fsp3) is 0.733. The molecule has 1 aromatic rings. The smallest absolute Gasteiger partial charge is 0.317 e. The predicted molar refractivity (Wildman–Crippen MR) is 77.2 cm³/mol. The van der Waals surface area contributed by atoms with Gasteiger partial charge in [-0.05, 0) is 18.3 Å². The van der Waals surface area contributed by atoms with Crippen molar-refractivity contribution in [3.8, 4) is 0 Å². The van der Waals surface area contributed by atoms with Crippen LogP contribution in [0.1, 0.15) is 37.4 Å². The molecule has 0 aromatic carbocycles. The van der Waals surface area contributed by atoms with Crippen molar-refractivity contribution in [1.29, 1.82) is 0 Å². The third kappa shape index (κ3) is 2.53. The zero-order chi connectivity index (χ0) is 14.1. The Labute approximate surface area is 120 Å². The third-order valence-corrected chi connectivity index (χ3v) is 4.77. The van der Waals surface area contributed by atoms with E-state index >= 15 is 0 Å². The number of rotatable bonds is 4. The van der Waals surface area contributed by atoms with Crippen molar-refractivity contribution in [3.63, 3.8) is 0 Å². The maximum Gasteiger partial charge on any atom is 0.317 e. The van der Waals surface area contributed by atoms with E-state index in [-0.39, 0.29) is 6.03 Å². The van der Waals surface area contributed by atoms with Gasteiger partial charge in [0.1, 0.15) is 0 Å². The topological polar surface area (TPSA) is 50.2 Å². The Morgan fingerprint density at radius 1 is 1.40 bits per heavy atom. The maximum absolute atomic E-state index is 12.1. The summed E-state index contributed by atoms with van der Waals surface area (Å²) in [5.74, 6) is 1.66. The molecule has 0 spiro atoms. The monoisotopic (exact) mass is 276 g/mol. The van der Waals surface area contributed by atoms with E-state index in [1.54, 1.807) is 0 Å². The number of hydrogen-bond acceptors (Lipinski definition) is 2. The third-order valence-electron chi connectivity index (χ3n) is 4.77. The van der Waals surface area contributed by atoms with E-state index in [0.29, 0.717) is 6.54 Å². The number of aromatic nitrogens is 2. The van der Waals surface area contributed by atoms with Gasteiger partial charge in [0.15, 0.2) is 0 Å². The molecular formula is C15H24N4O. The van der Waals surface area contributed by atoms with Crippen molar-refractivity contribution in [3.05, 3.63) is 17.5 Å². The van der Waals surface area contributed by atoms with Crippen LogP contribution in [0.15, 0.2) is 6.20 Å². The number of likely N-dealkylation sites (tertiary alicyclic amines) is 1. The molecule has 2 fully saturated rings. The zero-order valence-electron chi connectivity index (χ0n) is 12.4. The van der Waals surface area contributed by atoms with Gasteiger partial charge in [-0.2, -0.15) is 5.10 Å². The standard InChI is InChI=1S/C15H24N4O/c1-3-14-12(8-18(2)17-14)7-16-15(20)19-9-13(10-19)11-5-4-6-11/h8,11,13H,3-7,9-10H2,1-2H3,(H,16,20). The Kier molecular flexibility index (Phi) is 3.68. The molecule has 1 saturated carbocycles. The van der Waals surface area contributed by atoms with Crippen molar-refractivity contribution in [2.75, 3.05) is 13.1 Å². The largest absolute Gasteiger partial charge is 0.334 e. The Bertz CT molecular complexity index is 486. The van der Waals surface area contributed by atoms with Crippen LogP contribution in [0.3, 0.4) is 0 Å². The molecule has 5 heteroatoms. The van der Waals surface area contributed by atoms with Crippen molar-refractivity contribution >= 4 is 6.03 Å². The molecule has 1 aliphatic heterocycles. The first kappa shape index (κ1) is 13.5. The summed E-state index contributed by atoms with van der Waals surface area (Å²) >= 11 is 0. The minimum atomic E-state index is 0.0754. The van der Waals surface area contributed by atoms with Crippen LogP contribution >= 0.6 is 0 Å². The predicted octanol–water partition coefficient (Wildman–Crippen LogP) is 1.92. The summed E-state index contributed by atoms with van der Waals surface area (Å²) in [7, 11) is 1.92. The molecule has 2 heterocycles. The number of urea groups is 1. The first-order valence-electron chi connectivity index (χ1n) is 7.71. The molecule has 1 aromatic heterocycles. The van der Waals surface area contributed by atoms with Crippen LogP contribution in [0.2, 0.25) is 0 Å². The highest BCUT2D eigenvalue weighted by molar-refractivity contribution is 5.75. The number of aryl methyl sites for hydroxylation is 2. The fourth-order valence-corrected chi connectivity index (χ4v) is 3.20. The van der Waals surface area contributed by atoms with E-state index in [9.17, 15) is 4.79 Å². The Balaban J connectivity index is 1.45. The van der Waals surface area contributed by atoms with Crippen LogP contribution in [0.5, 0.6) is 0 Å². The second-order valence-electron chi connectivity index (χ2n) is 6.14. The van der Waals surface area contributed by atoms with Gasteiger partial charge in [-0.3, -0.25) is 4.68 Å². The Hall–Kier alpha value is -1.52. The van der Waals surface area contributed by atoms with E-state index < -0.39 is 0 Å². The molecule has 0 bridgehead atoms. The quantitative estimate of drug-likeness (QED) is 0.913. The van der Waals surface area contributed by atoms with Crippen LogP contribution in [0.25, 0.3) is 0 Å². The molecule has 0 unspecified atom stereocenters. The SMILES string of the molecule is CCc1nn(C)cc1CNC(=O)N1CC(C2CCC2)C1. The molecule has 0 radical (unpaired) electrons. The molecule has 2 amide bonds. The molecule has 110 valence electrons. The van der Waals surface area contributed by atoms with E-state index in [2.05, 4.69) is 17.3 Å². The van der Waals surface area contributed by atoms with Gasteiger partial charge in [-0.1, -0.05) is 26.2 Å². The van der Waals surface area contributed by atoms with Crippen molar-refractivity contribution in [2.45, 2.75) is 39.2 Å². The highest BCUT2D eigenvalue weighted by atomic mass is 16.2. The Morgan fingerprint density at radius 3 is 2.75 bits per heavy atom. The summed E-state index contributed by atoms with van der Waals surface area (Å²) in [6, 6.07) is 0.0754. The summed E-state index contributed by atoms with van der Waals surface area (Å²) in [6.07, 6.45) is 7.02. The number of nitrogens with one attached hydrogen (secondary N) is 1.